The van der Waals surface area contributed by atoms with Gasteiger partial charge < -0.3 is 5.32 Å². The first kappa shape index (κ1) is 20.8. The van der Waals surface area contributed by atoms with Crippen molar-refractivity contribution in [3.05, 3.63) is 88.6 Å². The number of imide groups is 1. The van der Waals surface area contributed by atoms with Gasteiger partial charge in [0.25, 0.3) is 11.1 Å². The fourth-order valence-electron chi connectivity index (χ4n) is 3.42. The molecule has 156 valence electrons. The van der Waals surface area contributed by atoms with Crippen molar-refractivity contribution in [3.8, 4) is 0 Å². The van der Waals surface area contributed by atoms with Crippen LogP contribution in [0, 0.1) is 5.82 Å². The van der Waals surface area contributed by atoms with Crippen LogP contribution in [0.25, 0.3) is 16.8 Å². The van der Waals surface area contributed by atoms with Crippen LogP contribution in [0.15, 0.2) is 71.6 Å². The third-order valence-electron chi connectivity index (χ3n) is 4.95. The number of halogens is 1. The average molecular weight is 434 g/mol. The van der Waals surface area contributed by atoms with Crippen molar-refractivity contribution in [1.82, 2.24) is 10.2 Å². The van der Waals surface area contributed by atoms with Crippen molar-refractivity contribution < 1.29 is 18.8 Å². The van der Waals surface area contributed by atoms with Crippen LogP contribution in [-0.4, -0.2) is 35.0 Å². The molecular formula is C24H19FN2O3S. The van der Waals surface area contributed by atoms with E-state index in [0.717, 1.165) is 33.0 Å². The molecular weight excluding hydrogens is 415 g/mol. The molecule has 31 heavy (non-hydrogen) atoms. The maximum absolute atomic E-state index is 13.8. The Morgan fingerprint density at radius 1 is 1.00 bits per heavy atom. The van der Waals surface area contributed by atoms with E-state index >= 15 is 0 Å². The molecule has 3 aromatic carbocycles. The lowest BCUT2D eigenvalue weighted by atomic mass is 10.0. The van der Waals surface area contributed by atoms with Gasteiger partial charge >= 0.3 is 0 Å². The third-order valence-corrected chi connectivity index (χ3v) is 5.86. The summed E-state index contributed by atoms with van der Waals surface area (Å²) in [5.41, 5.74) is 1.16. The summed E-state index contributed by atoms with van der Waals surface area (Å²) in [7, 11) is 0. The van der Waals surface area contributed by atoms with E-state index in [1.807, 2.05) is 42.5 Å². The number of hydrogen-bond acceptors (Lipinski definition) is 4. The molecule has 0 saturated carbocycles. The Kier molecular flexibility index (Phi) is 6.13. The Balaban J connectivity index is 1.35. The fraction of sp³-hybridized carbons (Fsp3) is 0.125. The van der Waals surface area contributed by atoms with Gasteiger partial charge in [-0.15, -0.1) is 0 Å². The summed E-state index contributed by atoms with van der Waals surface area (Å²) in [5.74, 6) is -1.14. The summed E-state index contributed by atoms with van der Waals surface area (Å²) in [6, 6.07) is 19.7. The van der Waals surface area contributed by atoms with Gasteiger partial charge in [-0.2, -0.15) is 0 Å². The highest BCUT2D eigenvalue weighted by Gasteiger charge is 2.34. The minimum atomic E-state index is -0.485. The molecule has 0 aromatic heterocycles. The molecule has 0 radical (unpaired) electrons. The van der Waals surface area contributed by atoms with Crippen molar-refractivity contribution >= 4 is 45.7 Å². The Labute approximate surface area is 182 Å². The second-order valence-electron chi connectivity index (χ2n) is 7.02. The number of hydrogen-bond donors (Lipinski definition) is 1. The predicted octanol–water partition coefficient (Wildman–Crippen LogP) is 4.37. The zero-order valence-corrected chi connectivity index (χ0v) is 17.3. The second-order valence-corrected chi connectivity index (χ2v) is 8.01. The van der Waals surface area contributed by atoms with E-state index in [1.165, 1.54) is 18.2 Å². The number of benzene rings is 3. The topological polar surface area (TPSA) is 66.5 Å². The normalized spacial score (nSPS) is 15.1. The van der Waals surface area contributed by atoms with Crippen LogP contribution in [0.2, 0.25) is 0 Å². The lowest BCUT2D eigenvalue weighted by molar-refractivity contribution is -0.124. The monoisotopic (exact) mass is 434 g/mol. The molecule has 0 unspecified atom stereocenters. The van der Waals surface area contributed by atoms with E-state index in [2.05, 4.69) is 5.32 Å². The van der Waals surface area contributed by atoms with Gasteiger partial charge in [-0.05, 0) is 40.2 Å². The van der Waals surface area contributed by atoms with Gasteiger partial charge in [0.2, 0.25) is 5.91 Å². The first-order valence-electron chi connectivity index (χ1n) is 9.76. The molecule has 4 rings (SSSR count). The molecule has 1 aliphatic rings. The van der Waals surface area contributed by atoms with E-state index in [-0.39, 0.29) is 35.9 Å². The van der Waals surface area contributed by atoms with Crippen LogP contribution in [0.1, 0.15) is 11.1 Å². The molecule has 0 aliphatic carbocycles. The number of rotatable bonds is 6. The smallest absolute Gasteiger partial charge is 0.293 e. The summed E-state index contributed by atoms with van der Waals surface area (Å²) in [6.45, 7) is 0.204. The quantitative estimate of drug-likeness (QED) is 0.585. The summed E-state index contributed by atoms with van der Waals surface area (Å²) in [4.78, 5) is 38.3. The lowest BCUT2D eigenvalue weighted by Gasteiger charge is -2.13. The van der Waals surface area contributed by atoms with Gasteiger partial charge in [0.1, 0.15) is 5.82 Å². The van der Waals surface area contributed by atoms with E-state index in [1.54, 1.807) is 12.1 Å². The Morgan fingerprint density at radius 3 is 2.58 bits per heavy atom. The molecule has 3 aromatic rings. The van der Waals surface area contributed by atoms with Crippen LogP contribution in [0.4, 0.5) is 9.18 Å². The van der Waals surface area contributed by atoms with E-state index in [9.17, 15) is 18.8 Å². The standard InChI is InChI=1S/C24H19FN2O3S/c25-20-11-4-2-7-18(20)14-21-23(29)27(24(30)31-21)13-12-26-22(28)15-17-9-5-8-16-6-1-3-10-19(16)17/h1-11,14H,12-13,15H2,(H,26,28)/b21-14-. The molecule has 0 spiro atoms. The number of carbonyl (C=O) groups is 3. The van der Waals surface area contributed by atoms with Crippen molar-refractivity contribution in [2.24, 2.45) is 0 Å². The van der Waals surface area contributed by atoms with Crippen molar-refractivity contribution in [2.75, 3.05) is 13.1 Å². The van der Waals surface area contributed by atoms with Gasteiger partial charge in [0.15, 0.2) is 0 Å². The molecule has 7 heteroatoms. The third kappa shape index (κ3) is 4.67. The first-order chi connectivity index (χ1) is 15.0. The highest BCUT2D eigenvalue weighted by Crippen LogP contribution is 2.32. The van der Waals surface area contributed by atoms with Gasteiger partial charge in [-0.25, -0.2) is 4.39 Å². The largest absolute Gasteiger partial charge is 0.354 e. The van der Waals surface area contributed by atoms with Crippen molar-refractivity contribution in [1.29, 1.82) is 0 Å². The Bertz CT molecular complexity index is 1200. The first-order valence-corrected chi connectivity index (χ1v) is 10.6. The summed E-state index contributed by atoms with van der Waals surface area (Å²) in [6.07, 6.45) is 1.58. The minimum absolute atomic E-state index is 0.0561. The molecule has 3 amide bonds. The highest BCUT2D eigenvalue weighted by atomic mass is 32.2. The van der Waals surface area contributed by atoms with Crippen LogP contribution < -0.4 is 5.32 Å². The van der Waals surface area contributed by atoms with Gasteiger partial charge in [-0.3, -0.25) is 19.3 Å². The second kappa shape index (κ2) is 9.14. The summed E-state index contributed by atoms with van der Waals surface area (Å²) in [5, 5.41) is 4.41. The number of carbonyl (C=O) groups excluding carboxylic acids is 3. The number of nitrogens with zero attached hydrogens (tertiary/aromatic N) is 1. The van der Waals surface area contributed by atoms with Gasteiger partial charge in [-0.1, -0.05) is 60.7 Å². The van der Waals surface area contributed by atoms with Gasteiger partial charge in [0, 0.05) is 18.7 Å². The van der Waals surface area contributed by atoms with E-state index in [4.69, 9.17) is 0 Å². The minimum Gasteiger partial charge on any atom is -0.354 e. The number of amides is 3. The molecule has 1 aliphatic heterocycles. The molecule has 5 nitrogen and oxygen atoms in total. The molecule has 1 heterocycles. The highest BCUT2D eigenvalue weighted by molar-refractivity contribution is 8.18. The molecule has 0 bridgehead atoms. The average Bonchev–Trinajstić information content (AvgIpc) is 3.03. The van der Waals surface area contributed by atoms with Crippen molar-refractivity contribution in [3.63, 3.8) is 0 Å². The SMILES string of the molecule is O=C(Cc1cccc2ccccc12)NCCN1C(=O)S/C(=C\c2ccccc2F)C1=O. The molecule has 1 N–H and O–H groups in total. The maximum Gasteiger partial charge on any atom is 0.293 e. The molecule has 1 saturated heterocycles. The molecule has 0 atom stereocenters. The zero-order chi connectivity index (χ0) is 21.8. The van der Waals surface area contributed by atoms with E-state index in [0.29, 0.717) is 0 Å². The van der Waals surface area contributed by atoms with Crippen LogP contribution in [-0.2, 0) is 16.0 Å². The van der Waals surface area contributed by atoms with Gasteiger partial charge in [0.05, 0.1) is 11.3 Å². The van der Waals surface area contributed by atoms with E-state index < -0.39 is 17.0 Å². The summed E-state index contributed by atoms with van der Waals surface area (Å²) >= 11 is 0.767. The Hall–Kier alpha value is -3.45. The number of nitrogens with one attached hydrogen (secondary N) is 1. The van der Waals surface area contributed by atoms with Crippen molar-refractivity contribution in [2.45, 2.75) is 6.42 Å². The zero-order valence-electron chi connectivity index (χ0n) is 16.5. The predicted molar refractivity (Wildman–Crippen MR) is 120 cm³/mol. The number of fused-ring (bicyclic) bond motifs is 1. The van der Waals surface area contributed by atoms with Crippen LogP contribution in [0.5, 0.6) is 0 Å². The van der Waals surface area contributed by atoms with Crippen LogP contribution >= 0.6 is 11.8 Å². The van der Waals surface area contributed by atoms with Crippen LogP contribution in [0.3, 0.4) is 0 Å². The fourth-order valence-corrected chi connectivity index (χ4v) is 4.27. The molecule has 1 fully saturated rings. The Morgan fingerprint density at radius 2 is 1.74 bits per heavy atom. The lowest BCUT2D eigenvalue weighted by Crippen LogP contribution is -2.37. The number of thioether (sulfide) groups is 1. The summed E-state index contributed by atoms with van der Waals surface area (Å²) < 4.78 is 13.8. The maximum atomic E-state index is 13.8.